The van der Waals surface area contributed by atoms with Gasteiger partial charge in [0.2, 0.25) is 0 Å². The van der Waals surface area contributed by atoms with Crippen LogP contribution in [0.15, 0.2) is 6.07 Å². The Balaban J connectivity index is 1.89. The van der Waals surface area contributed by atoms with Crippen LogP contribution in [0.5, 0.6) is 0 Å². The second-order valence-corrected chi connectivity index (χ2v) is 7.03. The van der Waals surface area contributed by atoms with Gasteiger partial charge in [-0.2, -0.15) is 5.10 Å². The molecular formula is C18H26N4O2. The highest BCUT2D eigenvalue weighted by Crippen LogP contribution is 2.26. The van der Waals surface area contributed by atoms with Gasteiger partial charge < -0.3 is 10.0 Å². The predicted molar refractivity (Wildman–Crippen MR) is 92.1 cm³/mol. The van der Waals surface area contributed by atoms with Gasteiger partial charge in [-0.25, -0.2) is 9.50 Å². The van der Waals surface area contributed by atoms with E-state index in [0.29, 0.717) is 23.4 Å². The first-order valence-corrected chi connectivity index (χ1v) is 8.65. The quantitative estimate of drug-likeness (QED) is 0.937. The number of carbonyl (C=O) groups is 1. The van der Waals surface area contributed by atoms with Crippen LogP contribution in [0, 0.1) is 26.7 Å². The minimum Gasteiger partial charge on any atom is -0.393 e. The van der Waals surface area contributed by atoms with Crippen molar-refractivity contribution in [3.05, 3.63) is 28.7 Å². The fourth-order valence-corrected chi connectivity index (χ4v) is 3.70. The van der Waals surface area contributed by atoms with Gasteiger partial charge in [0.15, 0.2) is 5.65 Å². The molecule has 0 bridgehead atoms. The fraction of sp³-hybridized carbons (Fsp3) is 0.611. The smallest absolute Gasteiger partial charge is 0.259 e. The maximum atomic E-state index is 13.0. The normalized spacial score (nSPS) is 21.2. The highest BCUT2D eigenvalue weighted by atomic mass is 16.3. The van der Waals surface area contributed by atoms with Crippen molar-refractivity contribution in [2.45, 2.75) is 52.6 Å². The molecular weight excluding hydrogens is 304 g/mol. The molecule has 1 fully saturated rings. The van der Waals surface area contributed by atoms with Gasteiger partial charge in [0.25, 0.3) is 5.91 Å². The summed E-state index contributed by atoms with van der Waals surface area (Å²) in [5.41, 5.74) is 3.71. The Morgan fingerprint density at radius 1 is 1.33 bits per heavy atom. The van der Waals surface area contributed by atoms with Crippen LogP contribution in [0.4, 0.5) is 0 Å². The van der Waals surface area contributed by atoms with Crippen LogP contribution in [-0.2, 0) is 0 Å². The molecule has 6 nitrogen and oxygen atoms in total. The molecule has 0 aromatic carbocycles. The molecule has 2 aromatic rings. The molecule has 1 aliphatic rings. The molecule has 2 unspecified atom stereocenters. The van der Waals surface area contributed by atoms with Crippen molar-refractivity contribution in [2.24, 2.45) is 5.92 Å². The van der Waals surface area contributed by atoms with Gasteiger partial charge in [-0.3, -0.25) is 4.79 Å². The van der Waals surface area contributed by atoms with E-state index in [1.165, 1.54) is 0 Å². The fourth-order valence-electron chi connectivity index (χ4n) is 3.70. The Labute approximate surface area is 142 Å². The van der Waals surface area contributed by atoms with E-state index in [2.05, 4.69) is 10.1 Å². The number of hydrogen-bond donors (Lipinski definition) is 1. The second kappa shape index (κ2) is 6.51. The Morgan fingerprint density at radius 3 is 2.75 bits per heavy atom. The van der Waals surface area contributed by atoms with Crippen molar-refractivity contribution in [1.82, 2.24) is 19.5 Å². The standard InChI is InChI=1S/C18H26N4O2/c1-11-9-12(2)22-17(19-11)16(13(3)20-22)18(24)21(4)10-14-7-5-6-8-15(14)23/h9,14-15,23H,5-8,10H2,1-4H3. The first-order valence-electron chi connectivity index (χ1n) is 8.65. The molecule has 2 aromatic heterocycles. The number of nitrogens with zero attached hydrogens (tertiary/aromatic N) is 4. The van der Waals surface area contributed by atoms with E-state index in [4.69, 9.17) is 0 Å². The highest BCUT2D eigenvalue weighted by molar-refractivity contribution is 6.00. The maximum Gasteiger partial charge on any atom is 0.259 e. The van der Waals surface area contributed by atoms with E-state index in [1.54, 1.807) is 16.5 Å². The number of hydrogen-bond acceptors (Lipinski definition) is 4. The lowest BCUT2D eigenvalue weighted by atomic mass is 9.86. The Hall–Kier alpha value is -1.95. The third kappa shape index (κ3) is 3.02. The van der Waals surface area contributed by atoms with Crippen LogP contribution in [0.25, 0.3) is 5.65 Å². The molecule has 2 heterocycles. The van der Waals surface area contributed by atoms with Crippen LogP contribution in [0.1, 0.15) is 53.1 Å². The molecule has 24 heavy (non-hydrogen) atoms. The van der Waals surface area contributed by atoms with Crippen molar-refractivity contribution in [3.8, 4) is 0 Å². The molecule has 130 valence electrons. The highest BCUT2D eigenvalue weighted by Gasteiger charge is 2.28. The second-order valence-electron chi connectivity index (χ2n) is 7.03. The summed E-state index contributed by atoms with van der Waals surface area (Å²) in [7, 11) is 1.80. The van der Waals surface area contributed by atoms with E-state index < -0.39 is 0 Å². The van der Waals surface area contributed by atoms with Gasteiger partial charge >= 0.3 is 0 Å². The zero-order chi connectivity index (χ0) is 17.4. The summed E-state index contributed by atoms with van der Waals surface area (Å²) >= 11 is 0. The summed E-state index contributed by atoms with van der Waals surface area (Å²) in [5, 5.41) is 14.6. The Kier molecular flexibility index (Phi) is 4.58. The summed E-state index contributed by atoms with van der Waals surface area (Å²) in [6.07, 6.45) is 3.71. The van der Waals surface area contributed by atoms with Crippen LogP contribution < -0.4 is 0 Å². The first kappa shape index (κ1) is 16.9. The van der Waals surface area contributed by atoms with E-state index in [0.717, 1.165) is 37.1 Å². The van der Waals surface area contributed by atoms with Gasteiger partial charge in [0.05, 0.1) is 11.8 Å². The summed E-state index contributed by atoms with van der Waals surface area (Å²) in [5.74, 6) is 0.0871. The van der Waals surface area contributed by atoms with Gasteiger partial charge in [0.1, 0.15) is 5.56 Å². The molecule has 3 rings (SSSR count). The number of fused-ring (bicyclic) bond motifs is 1. The summed E-state index contributed by atoms with van der Waals surface area (Å²) < 4.78 is 1.73. The predicted octanol–water partition coefficient (Wildman–Crippen LogP) is 2.28. The van der Waals surface area contributed by atoms with Gasteiger partial charge in [-0.1, -0.05) is 12.8 Å². The van der Waals surface area contributed by atoms with Gasteiger partial charge in [-0.15, -0.1) is 0 Å². The minimum absolute atomic E-state index is 0.0715. The number of aliphatic hydroxyl groups is 1. The summed E-state index contributed by atoms with van der Waals surface area (Å²) in [6.45, 7) is 6.30. The number of carbonyl (C=O) groups excluding carboxylic acids is 1. The van der Waals surface area contributed by atoms with E-state index in [1.807, 2.05) is 26.8 Å². The summed E-state index contributed by atoms with van der Waals surface area (Å²) in [6, 6.07) is 1.95. The zero-order valence-electron chi connectivity index (χ0n) is 14.9. The van der Waals surface area contributed by atoms with E-state index >= 15 is 0 Å². The molecule has 0 spiro atoms. The first-order chi connectivity index (χ1) is 11.4. The lowest BCUT2D eigenvalue weighted by molar-refractivity contribution is 0.0451. The third-order valence-electron chi connectivity index (χ3n) is 5.01. The lowest BCUT2D eigenvalue weighted by Crippen LogP contribution is -2.38. The van der Waals surface area contributed by atoms with E-state index in [9.17, 15) is 9.90 Å². The minimum atomic E-state index is -0.304. The topological polar surface area (TPSA) is 70.7 Å². The summed E-state index contributed by atoms with van der Waals surface area (Å²) in [4.78, 5) is 19.2. The average molecular weight is 330 g/mol. The van der Waals surface area contributed by atoms with Crippen LogP contribution in [-0.4, -0.2) is 50.2 Å². The van der Waals surface area contributed by atoms with Crippen molar-refractivity contribution >= 4 is 11.6 Å². The van der Waals surface area contributed by atoms with Crippen molar-refractivity contribution in [1.29, 1.82) is 0 Å². The van der Waals surface area contributed by atoms with E-state index in [-0.39, 0.29) is 17.9 Å². The molecule has 2 atom stereocenters. The SMILES string of the molecule is Cc1cc(C)n2nc(C)c(C(=O)N(C)CC3CCCCC3O)c2n1. The lowest BCUT2D eigenvalue weighted by Gasteiger charge is -2.31. The molecule has 1 amide bonds. The van der Waals surface area contributed by atoms with Crippen molar-refractivity contribution < 1.29 is 9.90 Å². The van der Waals surface area contributed by atoms with Crippen LogP contribution >= 0.6 is 0 Å². The molecule has 0 aliphatic heterocycles. The molecule has 6 heteroatoms. The molecule has 1 aliphatic carbocycles. The van der Waals surface area contributed by atoms with Crippen molar-refractivity contribution in [2.75, 3.05) is 13.6 Å². The number of rotatable bonds is 3. The molecule has 0 radical (unpaired) electrons. The number of aromatic nitrogens is 3. The average Bonchev–Trinajstić information content (AvgIpc) is 2.85. The number of amides is 1. The zero-order valence-corrected chi connectivity index (χ0v) is 14.9. The van der Waals surface area contributed by atoms with Crippen LogP contribution in [0.3, 0.4) is 0 Å². The number of aryl methyl sites for hydroxylation is 3. The maximum absolute atomic E-state index is 13.0. The molecule has 1 N–H and O–H groups in total. The Bertz CT molecular complexity index is 768. The molecule has 1 saturated carbocycles. The Morgan fingerprint density at radius 2 is 2.04 bits per heavy atom. The van der Waals surface area contributed by atoms with Crippen LogP contribution in [0.2, 0.25) is 0 Å². The number of aliphatic hydroxyl groups excluding tert-OH is 1. The largest absolute Gasteiger partial charge is 0.393 e. The molecule has 0 saturated heterocycles. The monoisotopic (exact) mass is 330 g/mol. The third-order valence-corrected chi connectivity index (χ3v) is 5.01. The van der Waals surface area contributed by atoms with Crippen molar-refractivity contribution in [3.63, 3.8) is 0 Å². The van der Waals surface area contributed by atoms with Gasteiger partial charge in [-0.05, 0) is 39.7 Å². The van der Waals surface area contributed by atoms with Gasteiger partial charge in [0, 0.05) is 30.9 Å².